The third-order valence-electron chi connectivity index (χ3n) is 5.00. The number of amides is 1. The number of nitroso groups, excluding NO2 is 1. The van der Waals surface area contributed by atoms with E-state index >= 15 is 0 Å². The molecule has 0 saturated heterocycles. The summed E-state index contributed by atoms with van der Waals surface area (Å²) in [7, 11) is 3.13. The second kappa shape index (κ2) is 9.40. The van der Waals surface area contributed by atoms with Crippen molar-refractivity contribution in [3.8, 4) is 11.3 Å². The van der Waals surface area contributed by atoms with Crippen molar-refractivity contribution in [1.82, 2.24) is 14.5 Å². The van der Waals surface area contributed by atoms with Gasteiger partial charge < -0.3 is 19.9 Å². The zero-order valence-corrected chi connectivity index (χ0v) is 18.1. The standard InChI is InChI=1S/C22H24N6O4/c1-14-6-4-5-7-16(14)18-13-27(3)22(31)20(25-18)24-15-8-9-17(19(12-15)28(23)32)21(30)26(2)10-11-29/h4-9,12-13,29H,10-11H2,1-3H3,(H2-,23,24,25,30,32)/p+1. The van der Waals surface area contributed by atoms with Gasteiger partial charge in [-0.25, -0.2) is 4.98 Å². The molecule has 10 heteroatoms. The van der Waals surface area contributed by atoms with Gasteiger partial charge in [-0.3, -0.25) is 9.59 Å². The Hall–Kier alpha value is -4.05. The number of aliphatic hydroxyl groups is 1. The van der Waals surface area contributed by atoms with Crippen LogP contribution < -0.4 is 16.7 Å². The first-order valence-electron chi connectivity index (χ1n) is 9.86. The molecule has 0 aliphatic rings. The highest BCUT2D eigenvalue weighted by Gasteiger charge is 2.25. The molecule has 32 heavy (non-hydrogen) atoms. The number of nitrogens with two attached hydrogens (primary N) is 1. The molecule has 1 amide bonds. The maximum absolute atomic E-state index is 12.7. The molecule has 1 aromatic heterocycles. The van der Waals surface area contributed by atoms with Crippen LogP contribution in [0.4, 0.5) is 17.2 Å². The Morgan fingerprint density at radius 3 is 2.66 bits per heavy atom. The summed E-state index contributed by atoms with van der Waals surface area (Å²) in [6.07, 6.45) is 1.65. The predicted molar refractivity (Wildman–Crippen MR) is 121 cm³/mol. The number of anilines is 2. The summed E-state index contributed by atoms with van der Waals surface area (Å²) in [6, 6.07) is 12.0. The topological polar surface area (TPSA) is 134 Å². The third-order valence-corrected chi connectivity index (χ3v) is 5.00. The molecular formula is C22H25N6O4+. The molecule has 0 atom stereocenters. The van der Waals surface area contributed by atoms with E-state index in [0.29, 0.717) is 11.4 Å². The van der Waals surface area contributed by atoms with E-state index in [1.165, 1.54) is 28.6 Å². The van der Waals surface area contributed by atoms with Crippen molar-refractivity contribution in [1.29, 1.82) is 0 Å². The molecular weight excluding hydrogens is 412 g/mol. The molecule has 3 aromatic rings. The van der Waals surface area contributed by atoms with Crippen molar-refractivity contribution in [2.24, 2.45) is 12.9 Å². The summed E-state index contributed by atoms with van der Waals surface area (Å²) in [4.78, 5) is 43.0. The number of aryl methyl sites for hydroxylation is 2. The Bertz CT molecular complexity index is 1240. The zero-order valence-electron chi connectivity index (χ0n) is 18.1. The maximum atomic E-state index is 12.7. The van der Waals surface area contributed by atoms with Crippen LogP contribution in [0.3, 0.4) is 0 Å². The van der Waals surface area contributed by atoms with E-state index in [0.717, 1.165) is 11.1 Å². The van der Waals surface area contributed by atoms with Gasteiger partial charge in [0.25, 0.3) is 11.5 Å². The van der Waals surface area contributed by atoms with E-state index in [1.54, 1.807) is 19.3 Å². The average Bonchev–Trinajstić information content (AvgIpc) is 2.76. The van der Waals surface area contributed by atoms with E-state index < -0.39 is 5.91 Å². The quantitative estimate of drug-likeness (QED) is 0.292. The molecule has 10 nitrogen and oxygen atoms in total. The summed E-state index contributed by atoms with van der Waals surface area (Å²) in [5, 5.41) is 12.0. The summed E-state index contributed by atoms with van der Waals surface area (Å²) < 4.78 is 1.42. The van der Waals surface area contributed by atoms with Crippen LogP contribution in [0.15, 0.2) is 53.5 Å². The summed E-state index contributed by atoms with van der Waals surface area (Å²) in [6.45, 7) is 1.84. The van der Waals surface area contributed by atoms with Gasteiger partial charge in [0.2, 0.25) is 0 Å². The number of carbonyl (C=O) groups is 1. The summed E-state index contributed by atoms with van der Waals surface area (Å²) in [5.74, 6) is 5.00. The van der Waals surface area contributed by atoms with Gasteiger partial charge in [-0.05, 0) is 24.6 Å². The Morgan fingerprint density at radius 1 is 1.28 bits per heavy atom. The normalized spacial score (nSPS) is 10.6. The van der Waals surface area contributed by atoms with Crippen LogP contribution in [0, 0.1) is 11.8 Å². The monoisotopic (exact) mass is 437 g/mol. The van der Waals surface area contributed by atoms with E-state index in [9.17, 15) is 14.5 Å². The second-order valence-corrected chi connectivity index (χ2v) is 7.34. The number of hydrazine groups is 1. The van der Waals surface area contributed by atoms with Crippen LogP contribution in [0.5, 0.6) is 0 Å². The minimum atomic E-state index is -0.470. The van der Waals surface area contributed by atoms with Crippen molar-refractivity contribution in [3.05, 3.63) is 75.0 Å². The fourth-order valence-corrected chi connectivity index (χ4v) is 3.24. The average molecular weight is 437 g/mol. The van der Waals surface area contributed by atoms with Crippen molar-refractivity contribution in [3.63, 3.8) is 0 Å². The number of nitrogens with zero attached hydrogens (tertiary/aromatic N) is 4. The van der Waals surface area contributed by atoms with Crippen LogP contribution >= 0.6 is 0 Å². The molecule has 0 spiro atoms. The van der Waals surface area contributed by atoms with Gasteiger partial charge in [-0.15, -0.1) is 0 Å². The number of rotatable bonds is 7. The van der Waals surface area contributed by atoms with Gasteiger partial charge in [-0.2, -0.15) is 5.84 Å². The Kier molecular flexibility index (Phi) is 6.64. The smallest absolute Gasteiger partial charge is 0.306 e. The van der Waals surface area contributed by atoms with Crippen molar-refractivity contribution in [2.45, 2.75) is 6.92 Å². The lowest BCUT2D eigenvalue weighted by molar-refractivity contribution is -0.474. The Labute approximate surface area is 184 Å². The number of aliphatic hydroxyl groups excluding tert-OH is 1. The van der Waals surface area contributed by atoms with Crippen LogP contribution in [-0.4, -0.2) is 50.5 Å². The highest BCUT2D eigenvalue weighted by molar-refractivity contribution is 5.98. The van der Waals surface area contributed by atoms with Gasteiger partial charge >= 0.3 is 5.69 Å². The Balaban J connectivity index is 2.01. The number of likely N-dealkylation sites (N-methyl/N-ethyl adjacent to an activating group) is 1. The van der Waals surface area contributed by atoms with Gasteiger partial charge in [0, 0.05) is 44.2 Å². The molecule has 1 heterocycles. The molecule has 0 bridgehead atoms. The molecule has 4 N–H and O–H groups in total. The Morgan fingerprint density at radius 2 is 2.00 bits per heavy atom. The van der Waals surface area contributed by atoms with E-state index in [-0.39, 0.29) is 40.6 Å². The van der Waals surface area contributed by atoms with Crippen molar-refractivity contribution in [2.75, 3.05) is 25.5 Å². The molecule has 166 valence electrons. The largest absolute Gasteiger partial charge is 0.395 e. The zero-order chi connectivity index (χ0) is 23.4. The second-order valence-electron chi connectivity index (χ2n) is 7.34. The van der Waals surface area contributed by atoms with Crippen LogP contribution in [0.1, 0.15) is 15.9 Å². The molecule has 0 aliphatic carbocycles. The van der Waals surface area contributed by atoms with Gasteiger partial charge in [-0.1, -0.05) is 24.3 Å². The minimum absolute atomic E-state index is 0.0603. The van der Waals surface area contributed by atoms with Crippen LogP contribution in [0.2, 0.25) is 0 Å². The number of benzene rings is 2. The lowest BCUT2D eigenvalue weighted by Crippen LogP contribution is -2.30. The number of nitrogens with one attached hydrogen (secondary N) is 1. The van der Waals surface area contributed by atoms with Gasteiger partial charge in [0.1, 0.15) is 5.56 Å². The lowest BCUT2D eigenvalue weighted by Gasteiger charge is -2.16. The fraction of sp³-hybridized carbons (Fsp3) is 0.227. The third kappa shape index (κ3) is 4.65. The number of hydrogen-bond donors (Lipinski definition) is 3. The van der Waals surface area contributed by atoms with Crippen LogP contribution in [0.25, 0.3) is 11.3 Å². The highest BCUT2D eigenvalue weighted by atomic mass is 16.3. The molecule has 3 rings (SSSR count). The maximum Gasteiger partial charge on any atom is 0.306 e. The SMILES string of the molecule is Cc1ccccc1-c1cn(C)c(=O)c(Nc2ccc(C(=O)N(C)CCO)c([N+](N)=O)c2)n1. The lowest BCUT2D eigenvalue weighted by atomic mass is 10.1. The summed E-state index contributed by atoms with van der Waals surface area (Å²) >= 11 is 0. The van der Waals surface area contributed by atoms with Gasteiger partial charge in [0.05, 0.1) is 17.2 Å². The highest BCUT2D eigenvalue weighted by Crippen LogP contribution is 2.26. The molecule has 0 radical (unpaired) electrons. The molecule has 0 saturated carbocycles. The first-order valence-corrected chi connectivity index (χ1v) is 9.86. The van der Waals surface area contributed by atoms with E-state index in [2.05, 4.69) is 10.3 Å². The number of aromatic nitrogens is 2. The van der Waals surface area contributed by atoms with Crippen molar-refractivity contribution < 1.29 is 14.8 Å². The number of carbonyl (C=O) groups excluding carboxylic acids is 1. The molecule has 0 unspecified atom stereocenters. The van der Waals surface area contributed by atoms with E-state index in [4.69, 9.17) is 10.9 Å². The molecule has 0 fully saturated rings. The molecule has 2 aromatic carbocycles. The van der Waals surface area contributed by atoms with E-state index in [1.807, 2.05) is 31.2 Å². The predicted octanol–water partition coefficient (Wildman–Crippen LogP) is 1.85. The minimum Gasteiger partial charge on any atom is -0.395 e. The van der Waals surface area contributed by atoms with Crippen molar-refractivity contribution >= 4 is 23.1 Å². The van der Waals surface area contributed by atoms with Gasteiger partial charge in [0.15, 0.2) is 10.7 Å². The fourth-order valence-electron chi connectivity index (χ4n) is 3.24. The first-order chi connectivity index (χ1) is 15.2. The number of hydrogen-bond acceptors (Lipinski definition) is 6. The summed E-state index contributed by atoms with van der Waals surface area (Å²) in [5.41, 5.74) is 2.47. The van der Waals surface area contributed by atoms with Crippen LogP contribution in [-0.2, 0) is 7.05 Å². The molecule has 0 aliphatic heterocycles. The first kappa shape index (κ1) is 22.6.